The second kappa shape index (κ2) is 5.49. The molecule has 0 amide bonds. The molecule has 3 atom stereocenters. The fourth-order valence-corrected chi connectivity index (χ4v) is 3.12. The molecule has 1 aliphatic rings. The average Bonchev–Trinajstić information content (AvgIpc) is 2.39. The molecule has 1 fully saturated rings. The molecule has 0 bridgehead atoms. The van der Waals surface area contributed by atoms with Crippen molar-refractivity contribution >= 4 is 0 Å². The zero-order chi connectivity index (χ0) is 11.4. The third-order valence-electron chi connectivity index (χ3n) is 4.17. The molecule has 1 aromatic carbocycles. The van der Waals surface area contributed by atoms with Gasteiger partial charge >= 0.3 is 0 Å². The van der Waals surface area contributed by atoms with Gasteiger partial charge in [-0.3, -0.25) is 0 Å². The SMILES string of the molecule is CCC1CCC(c2ccccc2)CC1CO. The standard InChI is InChI=1S/C15H22O/c1-2-12-8-9-14(10-15(12)11-16)13-6-4-3-5-7-13/h3-7,12,14-16H,2,8-11H2,1H3. The molecule has 0 aliphatic heterocycles. The van der Waals surface area contributed by atoms with Gasteiger partial charge in [-0.2, -0.15) is 0 Å². The summed E-state index contributed by atoms with van der Waals surface area (Å²) in [4.78, 5) is 0. The smallest absolute Gasteiger partial charge is 0.0462 e. The van der Waals surface area contributed by atoms with Gasteiger partial charge < -0.3 is 5.11 Å². The Morgan fingerprint density at radius 2 is 1.88 bits per heavy atom. The number of hydrogen-bond donors (Lipinski definition) is 1. The molecule has 16 heavy (non-hydrogen) atoms. The molecule has 2 rings (SSSR count). The lowest BCUT2D eigenvalue weighted by molar-refractivity contribution is 0.121. The van der Waals surface area contributed by atoms with Gasteiger partial charge in [-0.25, -0.2) is 0 Å². The van der Waals surface area contributed by atoms with Crippen molar-refractivity contribution in [3.63, 3.8) is 0 Å². The average molecular weight is 218 g/mol. The molecular weight excluding hydrogens is 196 g/mol. The van der Waals surface area contributed by atoms with Crippen LogP contribution in [0.4, 0.5) is 0 Å². The molecule has 1 N–H and O–H groups in total. The molecule has 88 valence electrons. The van der Waals surface area contributed by atoms with E-state index in [1.54, 1.807) is 0 Å². The third-order valence-corrected chi connectivity index (χ3v) is 4.17. The summed E-state index contributed by atoms with van der Waals surface area (Å²) in [5, 5.41) is 9.46. The molecule has 1 aromatic rings. The zero-order valence-corrected chi connectivity index (χ0v) is 10.1. The van der Waals surface area contributed by atoms with Crippen LogP contribution in [0.25, 0.3) is 0 Å². The Morgan fingerprint density at radius 3 is 2.50 bits per heavy atom. The van der Waals surface area contributed by atoms with E-state index in [1.165, 1.54) is 31.2 Å². The number of aliphatic hydroxyl groups is 1. The van der Waals surface area contributed by atoms with Gasteiger partial charge in [0.15, 0.2) is 0 Å². The first-order chi connectivity index (χ1) is 7.85. The first kappa shape index (κ1) is 11.7. The van der Waals surface area contributed by atoms with Crippen LogP contribution in [0.2, 0.25) is 0 Å². The highest BCUT2D eigenvalue weighted by atomic mass is 16.3. The van der Waals surface area contributed by atoms with E-state index in [0.717, 1.165) is 5.92 Å². The second-order valence-corrected chi connectivity index (χ2v) is 5.03. The lowest BCUT2D eigenvalue weighted by Crippen LogP contribution is -2.26. The van der Waals surface area contributed by atoms with Gasteiger partial charge in [0.05, 0.1) is 0 Å². The minimum Gasteiger partial charge on any atom is -0.396 e. The molecule has 0 aromatic heterocycles. The molecule has 0 saturated heterocycles. The molecular formula is C15H22O. The largest absolute Gasteiger partial charge is 0.396 e. The predicted molar refractivity (Wildman–Crippen MR) is 67.4 cm³/mol. The van der Waals surface area contributed by atoms with E-state index >= 15 is 0 Å². The van der Waals surface area contributed by atoms with Crippen LogP contribution in [0.1, 0.15) is 44.1 Å². The van der Waals surface area contributed by atoms with Gasteiger partial charge in [0.1, 0.15) is 0 Å². The molecule has 1 nitrogen and oxygen atoms in total. The van der Waals surface area contributed by atoms with E-state index in [-0.39, 0.29) is 0 Å². The zero-order valence-electron chi connectivity index (χ0n) is 10.1. The Morgan fingerprint density at radius 1 is 1.12 bits per heavy atom. The maximum absolute atomic E-state index is 9.46. The first-order valence-electron chi connectivity index (χ1n) is 6.51. The summed E-state index contributed by atoms with van der Waals surface area (Å²) in [6, 6.07) is 10.8. The quantitative estimate of drug-likeness (QED) is 0.822. The highest BCUT2D eigenvalue weighted by Gasteiger charge is 2.29. The summed E-state index contributed by atoms with van der Waals surface area (Å²) in [5.74, 6) is 1.93. The van der Waals surface area contributed by atoms with Crippen molar-refractivity contribution in [1.82, 2.24) is 0 Å². The van der Waals surface area contributed by atoms with E-state index in [0.29, 0.717) is 18.4 Å². The summed E-state index contributed by atoms with van der Waals surface area (Å²) in [6.07, 6.45) is 4.95. The van der Waals surface area contributed by atoms with Gasteiger partial charge in [-0.1, -0.05) is 43.7 Å². The molecule has 0 radical (unpaired) electrons. The number of benzene rings is 1. The highest BCUT2D eigenvalue weighted by molar-refractivity contribution is 5.20. The number of hydrogen-bond acceptors (Lipinski definition) is 1. The summed E-state index contributed by atoms with van der Waals surface area (Å²) in [5.41, 5.74) is 1.45. The Labute approximate surface area is 98.5 Å². The van der Waals surface area contributed by atoms with Crippen LogP contribution in [0, 0.1) is 11.8 Å². The van der Waals surface area contributed by atoms with Crippen LogP contribution in [-0.2, 0) is 0 Å². The van der Waals surface area contributed by atoms with Crippen LogP contribution < -0.4 is 0 Å². The lowest BCUT2D eigenvalue weighted by Gasteiger charge is -2.35. The van der Waals surface area contributed by atoms with E-state index in [9.17, 15) is 5.11 Å². The van der Waals surface area contributed by atoms with E-state index in [4.69, 9.17) is 0 Å². The lowest BCUT2D eigenvalue weighted by atomic mass is 9.71. The molecule has 0 heterocycles. The van der Waals surface area contributed by atoms with Crippen molar-refractivity contribution in [1.29, 1.82) is 0 Å². The number of aliphatic hydroxyl groups excluding tert-OH is 1. The van der Waals surface area contributed by atoms with Crippen LogP contribution in [0.5, 0.6) is 0 Å². The fourth-order valence-electron chi connectivity index (χ4n) is 3.12. The van der Waals surface area contributed by atoms with Crippen molar-refractivity contribution in [2.75, 3.05) is 6.61 Å². The molecule has 0 spiro atoms. The van der Waals surface area contributed by atoms with Crippen molar-refractivity contribution in [2.24, 2.45) is 11.8 Å². The monoisotopic (exact) mass is 218 g/mol. The Bertz CT molecular complexity index is 306. The second-order valence-electron chi connectivity index (χ2n) is 5.03. The fraction of sp³-hybridized carbons (Fsp3) is 0.600. The van der Waals surface area contributed by atoms with Crippen molar-refractivity contribution in [3.8, 4) is 0 Å². The van der Waals surface area contributed by atoms with Crippen LogP contribution in [0.3, 0.4) is 0 Å². The van der Waals surface area contributed by atoms with Crippen molar-refractivity contribution < 1.29 is 5.11 Å². The van der Waals surface area contributed by atoms with Gasteiger partial charge in [-0.05, 0) is 42.6 Å². The maximum Gasteiger partial charge on any atom is 0.0462 e. The van der Waals surface area contributed by atoms with Crippen molar-refractivity contribution in [3.05, 3.63) is 35.9 Å². The maximum atomic E-state index is 9.46. The normalized spacial score (nSPS) is 30.2. The first-order valence-corrected chi connectivity index (χ1v) is 6.51. The van der Waals surface area contributed by atoms with Gasteiger partial charge in [0, 0.05) is 6.61 Å². The third kappa shape index (κ3) is 2.46. The summed E-state index contributed by atoms with van der Waals surface area (Å²) in [7, 11) is 0. The Balaban J connectivity index is 2.05. The highest BCUT2D eigenvalue weighted by Crippen LogP contribution is 2.40. The molecule has 1 aliphatic carbocycles. The van der Waals surface area contributed by atoms with Crippen LogP contribution in [0.15, 0.2) is 30.3 Å². The molecule has 1 saturated carbocycles. The van der Waals surface area contributed by atoms with Gasteiger partial charge in [0.25, 0.3) is 0 Å². The minimum atomic E-state index is 0.363. The molecule has 1 heteroatoms. The van der Waals surface area contributed by atoms with E-state index < -0.39 is 0 Å². The molecule has 3 unspecified atom stereocenters. The van der Waals surface area contributed by atoms with Gasteiger partial charge in [0.2, 0.25) is 0 Å². The van der Waals surface area contributed by atoms with E-state index in [1.807, 2.05) is 0 Å². The van der Waals surface area contributed by atoms with Crippen molar-refractivity contribution in [2.45, 2.75) is 38.5 Å². The topological polar surface area (TPSA) is 20.2 Å². The summed E-state index contributed by atoms with van der Waals surface area (Å²) < 4.78 is 0. The Hall–Kier alpha value is -0.820. The van der Waals surface area contributed by atoms with Gasteiger partial charge in [-0.15, -0.1) is 0 Å². The minimum absolute atomic E-state index is 0.363. The summed E-state index contributed by atoms with van der Waals surface area (Å²) >= 11 is 0. The number of rotatable bonds is 3. The predicted octanol–water partition coefficient (Wildman–Crippen LogP) is 3.59. The Kier molecular flexibility index (Phi) is 4.00. The summed E-state index contributed by atoms with van der Waals surface area (Å²) in [6.45, 7) is 2.61. The van der Waals surface area contributed by atoms with Crippen LogP contribution >= 0.6 is 0 Å². The van der Waals surface area contributed by atoms with Crippen LogP contribution in [-0.4, -0.2) is 11.7 Å². The van der Waals surface area contributed by atoms with E-state index in [2.05, 4.69) is 37.3 Å².